The molecule has 2 aliphatic rings. The maximum atomic E-state index is 13.1. The average molecular weight is 481 g/mol. The van der Waals surface area contributed by atoms with Crippen LogP contribution in [0.5, 0.6) is 0 Å². The Morgan fingerprint density at radius 2 is 2.06 bits per heavy atom. The van der Waals surface area contributed by atoms with E-state index in [-0.39, 0.29) is 22.2 Å². The number of rotatable bonds is 8. The van der Waals surface area contributed by atoms with Gasteiger partial charge >= 0.3 is 0 Å². The van der Waals surface area contributed by atoms with Crippen molar-refractivity contribution >= 4 is 38.7 Å². The number of ether oxygens (including phenoxy) is 1. The van der Waals surface area contributed by atoms with Gasteiger partial charge in [-0.15, -0.1) is 0 Å². The summed E-state index contributed by atoms with van der Waals surface area (Å²) in [4.78, 5) is 17.6. The molecule has 32 heavy (non-hydrogen) atoms. The van der Waals surface area contributed by atoms with Gasteiger partial charge in [0.15, 0.2) is 5.16 Å². The molecule has 3 heterocycles. The lowest BCUT2D eigenvalue weighted by molar-refractivity contribution is -0.120. The van der Waals surface area contributed by atoms with Crippen LogP contribution in [0.2, 0.25) is 0 Å². The largest absolute Gasteiger partial charge is 0.376 e. The third-order valence-corrected chi connectivity index (χ3v) is 9.12. The highest BCUT2D eigenvalue weighted by molar-refractivity contribution is 8.00. The second kappa shape index (κ2) is 10.1. The van der Waals surface area contributed by atoms with Gasteiger partial charge in [-0.05, 0) is 57.7 Å². The Morgan fingerprint density at radius 1 is 1.28 bits per heavy atom. The summed E-state index contributed by atoms with van der Waals surface area (Å²) in [5.74, 6) is -0.0476. The number of aryl methyl sites for hydroxylation is 1. The van der Waals surface area contributed by atoms with E-state index < -0.39 is 10.0 Å². The molecule has 10 heteroatoms. The summed E-state index contributed by atoms with van der Waals surface area (Å²) in [6.45, 7) is 7.01. The van der Waals surface area contributed by atoms with E-state index in [0.29, 0.717) is 31.7 Å². The van der Waals surface area contributed by atoms with E-state index in [1.54, 1.807) is 16.4 Å². The Balaban J connectivity index is 1.51. The fourth-order valence-electron chi connectivity index (χ4n) is 4.27. The average Bonchev–Trinajstić information content (AvgIpc) is 3.44. The number of carbonyl (C=O) groups excluding carboxylic acids is 1. The molecule has 2 atom stereocenters. The molecule has 176 valence electrons. The third-order valence-electron chi connectivity index (χ3n) is 6.13. The summed E-state index contributed by atoms with van der Waals surface area (Å²) in [5.41, 5.74) is 1.51. The molecule has 0 bridgehead atoms. The van der Waals surface area contributed by atoms with Gasteiger partial charge in [0.05, 0.1) is 27.3 Å². The summed E-state index contributed by atoms with van der Waals surface area (Å²) >= 11 is 1.39. The molecule has 2 aliphatic heterocycles. The number of sulfonamides is 1. The first kappa shape index (κ1) is 23.5. The Kier molecular flexibility index (Phi) is 7.44. The van der Waals surface area contributed by atoms with E-state index in [9.17, 15) is 13.2 Å². The molecule has 0 radical (unpaired) electrons. The number of amides is 1. The van der Waals surface area contributed by atoms with Gasteiger partial charge in [-0.2, -0.15) is 4.31 Å². The number of hydrogen-bond donors (Lipinski definition) is 1. The second-order valence-corrected chi connectivity index (χ2v) is 11.6. The van der Waals surface area contributed by atoms with Crippen molar-refractivity contribution in [1.29, 1.82) is 0 Å². The van der Waals surface area contributed by atoms with Crippen molar-refractivity contribution in [3.63, 3.8) is 0 Å². The van der Waals surface area contributed by atoms with Crippen LogP contribution in [-0.2, 0) is 26.1 Å². The lowest BCUT2D eigenvalue weighted by Gasteiger charge is -2.25. The molecule has 1 amide bonds. The molecule has 1 aromatic heterocycles. The van der Waals surface area contributed by atoms with Crippen molar-refractivity contribution in [2.75, 3.05) is 26.2 Å². The SMILES string of the molecule is CCn1c(SC(C)C(=O)NCC2CCCO2)nc2cc(S(=O)(=O)N3CCCCC3)ccc21. The molecule has 2 saturated heterocycles. The first-order chi connectivity index (χ1) is 15.4. The van der Waals surface area contributed by atoms with Crippen molar-refractivity contribution in [2.45, 2.75) is 73.9 Å². The summed E-state index contributed by atoms with van der Waals surface area (Å²) in [7, 11) is -3.51. The summed E-state index contributed by atoms with van der Waals surface area (Å²) < 4.78 is 35.3. The van der Waals surface area contributed by atoms with Gasteiger partial charge in [0, 0.05) is 32.8 Å². The maximum absolute atomic E-state index is 13.1. The van der Waals surface area contributed by atoms with E-state index in [0.717, 1.165) is 49.4 Å². The smallest absolute Gasteiger partial charge is 0.243 e. The number of benzene rings is 1. The zero-order valence-electron chi connectivity index (χ0n) is 18.7. The van der Waals surface area contributed by atoms with Crippen molar-refractivity contribution < 1.29 is 17.9 Å². The van der Waals surface area contributed by atoms with Crippen LogP contribution in [0.4, 0.5) is 0 Å². The minimum atomic E-state index is -3.51. The standard InChI is InChI=1S/C22H32N4O4S2/c1-3-26-20-10-9-18(32(28,29)25-11-5-4-6-12-25)14-19(20)24-22(26)31-16(2)21(27)23-15-17-8-7-13-30-17/h9-10,14,16-17H,3-8,11-13,15H2,1-2H3,(H,23,27). The summed E-state index contributed by atoms with van der Waals surface area (Å²) in [6.07, 6.45) is 5.01. The lowest BCUT2D eigenvalue weighted by Crippen LogP contribution is -2.36. The van der Waals surface area contributed by atoms with Crippen molar-refractivity contribution in [3.8, 4) is 0 Å². The van der Waals surface area contributed by atoms with Crippen molar-refractivity contribution in [1.82, 2.24) is 19.2 Å². The molecule has 1 N–H and O–H groups in total. The normalized spacial score (nSPS) is 21.1. The topological polar surface area (TPSA) is 93.5 Å². The number of fused-ring (bicyclic) bond motifs is 1. The van der Waals surface area contributed by atoms with Crippen LogP contribution in [0.3, 0.4) is 0 Å². The van der Waals surface area contributed by atoms with Gasteiger partial charge in [-0.1, -0.05) is 18.2 Å². The third kappa shape index (κ3) is 4.98. The minimum absolute atomic E-state index is 0.0476. The van der Waals surface area contributed by atoms with Crippen LogP contribution in [0, 0.1) is 0 Å². The lowest BCUT2D eigenvalue weighted by atomic mass is 10.2. The van der Waals surface area contributed by atoms with E-state index in [4.69, 9.17) is 9.72 Å². The van der Waals surface area contributed by atoms with Crippen LogP contribution < -0.4 is 5.32 Å². The fraction of sp³-hybridized carbons (Fsp3) is 0.636. The summed E-state index contributed by atoms with van der Waals surface area (Å²) in [6, 6.07) is 5.17. The number of carbonyl (C=O) groups is 1. The Labute approximate surface area is 194 Å². The van der Waals surface area contributed by atoms with E-state index >= 15 is 0 Å². The van der Waals surface area contributed by atoms with Crippen LogP contribution in [-0.4, -0.2) is 65.8 Å². The number of piperidine rings is 1. The highest BCUT2D eigenvalue weighted by Crippen LogP contribution is 2.30. The molecule has 0 spiro atoms. The Bertz CT molecular complexity index is 1060. The van der Waals surface area contributed by atoms with Crippen molar-refractivity contribution in [3.05, 3.63) is 18.2 Å². The molecule has 0 saturated carbocycles. The molecular weight excluding hydrogens is 448 g/mol. The van der Waals surface area contributed by atoms with E-state index in [2.05, 4.69) is 5.32 Å². The Morgan fingerprint density at radius 3 is 2.75 bits per heavy atom. The van der Waals surface area contributed by atoms with E-state index in [1.807, 2.05) is 24.5 Å². The first-order valence-electron chi connectivity index (χ1n) is 11.5. The van der Waals surface area contributed by atoms with Gasteiger partial charge in [0.1, 0.15) is 0 Å². The zero-order chi connectivity index (χ0) is 22.7. The zero-order valence-corrected chi connectivity index (χ0v) is 20.4. The van der Waals surface area contributed by atoms with Crippen LogP contribution >= 0.6 is 11.8 Å². The molecule has 2 unspecified atom stereocenters. The summed E-state index contributed by atoms with van der Waals surface area (Å²) in [5, 5.41) is 3.37. The van der Waals surface area contributed by atoms with Gasteiger partial charge in [0.2, 0.25) is 15.9 Å². The fourth-order valence-corrected chi connectivity index (χ4v) is 6.82. The highest BCUT2D eigenvalue weighted by Gasteiger charge is 2.27. The number of thioether (sulfide) groups is 1. The number of nitrogens with one attached hydrogen (secondary N) is 1. The van der Waals surface area contributed by atoms with Crippen LogP contribution in [0.15, 0.2) is 28.3 Å². The molecular formula is C22H32N4O4S2. The highest BCUT2D eigenvalue weighted by atomic mass is 32.2. The van der Waals surface area contributed by atoms with Gasteiger partial charge in [-0.25, -0.2) is 13.4 Å². The predicted octanol–water partition coefficient (Wildman–Crippen LogP) is 3.01. The van der Waals surface area contributed by atoms with Gasteiger partial charge in [0.25, 0.3) is 0 Å². The number of aromatic nitrogens is 2. The molecule has 2 fully saturated rings. The maximum Gasteiger partial charge on any atom is 0.243 e. The Hall–Kier alpha value is -1.62. The molecule has 8 nitrogen and oxygen atoms in total. The minimum Gasteiger partial charge on any atom is -0.376 e. The number of imidazole rings is 1. The van der Waals surface area contributed by atoms with Gasteiger partial charge in [-0.3, -0.25) is 4.79 Å². The number of nitrogens with zero attached hydrogens (tertiary/aromatic N) is 3. The van der Waals surface area contributed by atoms with Gasteiger partial charge < -0.3 is 14.6 Å². The number of hydrogen-bond acceptors (Lipinski definition) is 6. The molecule has 1 aromatic carbocycles. The van der Waals surface area contributed by atoms with Crippen LogP contribution in [0.1, 0.15) is 46.0 Å². The quantitative estimate of drug-likeness (QED) is 0.584. The molecule has 4 rings (SSSR count). The van der Waals surface area contributed by atoms with E-state index in [1.165, 1.54) is 11.8 Å². The van der Waals surface area contributed by atoms with Crippen LogP contribution in [0.25, 0.3) is 11.0 Å². The first-order valence-corrected chi connectivity index (χ1v) is 13.8. The molecule has 0 aliphatic carbocycles. The monoisotopic (exact) mass is 480 g/mol. The second-order valence-electron chi connectivity index (χ2n) is 8.39. The predicted molar refractivity (Wildman–Crippen MR) is 125 cm³/mol. The molecule has 2 aromatic rings. The van der Waals surface area contributed by atoms with Crippen molar-refractivity contribution in [2.24, 2.45) is 0 Å².